The zero-order valence-corrected chi connectivity index (χ0v) is 19.2. The summed E-state index contributed by atoms with van der Waals surface area (Å²) in [7, 11) is 0. The first-order valence-electron chi connectivity index (χ1n) is 9.96. The van der Waals surface area contributed by atoms with Crippen molar-refractivity contribution in [3.63, 3.8) is 0 Å². The first-order valence-corrected chi connectivity index (χ1v) is 9.96. The Balaban J connectivity index is 0.00000364. The second kappa shape index (κ2) is 13.0. The molecule has 152 valence electrons. The van der Waals surface area contributed by atoms with E-state index in [1.165, 1.54) is 5.56 Å². The van der Waals surface area contributed by atoms with E-state index in [2.05, 4.69) is 61.7 Å². The second-order valence-electron chi connectivity index (χ2n) is 7.25. The number of nitrogens with zero attached hydrogens (tertiary/aromatic N) is 2. The van der Waals surface area contributed by atoms with Crippen LogP contribution < -0.4 is 10.6 Å². The Hall–Kier alpha value is -1.31. The fraction of sp³-hybridized carbons (Fsp3) is 0.619. The molecule has 0 aliphatic carbocycles. The third-order valence-corrected chi connectivity index (χ3v) is 4.89. The minimum absolute atomic E-state index is 0. The number of hydrogen-bond acceptors (Lipinski definition) is 2. The molecule has 1 saturated heterocycles. The highest BCUT2D eigenvalue weighted by molar-refractivity contribution is 14.0. The summed E-state index contributed by atoms with van der Waals surface area (Å²) >= 11 is 0. The Morgan fingerprint density at radius 1 is 1.22 bits per heavy atom. The van der Waals surface area contributed by atoms with Gasteiger partial charge in [0, 0.05) is 45.1 Å². The van der Waals surface area contributed by atoms with E-state index >= 15 is 0 Å². The van der Waals surface area contributed by atoms with Crippen LogP contribution >= 0.6 is 24.0 Å². The molecule has 5 nitrogen and oxygen atoms in total. The average Bonchev–Trinajstić information content (AvgIpc) is 3.04. The summed E-state index contributed by atoms with van der Waals surface area (Å²) in [4.78, 5) is 18.4. The van der Waals surface area contributed by atoms with E-state index in [0.29, 0.717) is 24.2 Å². The number of halogens is 1. The van der Waals surface area contributed by atoms with Crippen LogP contribution in [0.2, 0.25) is 0 Å². The standard InChI is InChI=1S/C21H34N4O.HI/c1-4-22-21(23-13-9-15-25-14-8-12-20(25)26)24-16-19(17(2)3)18-10-6-5-7-11-18;/h5-7,10-11,17,19H,4,8-9,12-16H2,1-3H3,(H2,22,23,24);1H. The summed E-state index contributed by atoms with van der Waals surface area (Å²) < 4.78 is 0. The highest BCUT2D eigenvalue weighted by Gasteiger charge is 2.19. The molecule has 1 aliphatic rings. The number of likely N-dealkylation sites (tertiary alicyclic amines) is 1. The molecule has 1 atom stereocenters. The van der Waals surface area contributed by atoms with Crippen LogP contribution in [0.4, 0.5) is 0 Å². The fourth-order valence-corrected chi connectivity index (χ4v) is 3.35. The van der Waals surface area contributed by atoms with Gasteiger partial charge in [0.1, 0.15) is 0 Å². The lowest BCUT2D eigenvalue weighted by atomic mass is 9.88. The number of nitrogens with one attached hydrogen (secondary N) is 2. The van der Waals surface area contributed by atoms with Gasteiger partial charge < -0.3 is 15.5 Å². The highest BCUT2D eigenvalue weighted by Crippen LogP contribution is 2.24. The monoisotopic (exact) mass is 486 g/mol. The number of carbonyl (C=O) groups is 1. The smallest absolute Gasteiger partial charge is 0.222 e. The number of carbonyl (C=O) groups excluding carboxylic acids is 1. The second-order valence-corrected chi connectivity index (χ2v) is 7.25. The molecule has 1 aliphatic heterocycles. The van der Waals surface area contributed by atoms with Gasteiger partial charge in [-0.1, -0.05) is 44.2 Å². The normalized spacial score (nSPS) is 15.6. The third kappa shape index (κ3) is 8.07. The van der Waals surface area contributed by atoms with Gasteiger partial charge in [-0.05, 0) is 31.2 Å². The van der Waals surface area contributed by atoms with Gasteiger partial charge in [0.15, 0.2) is 5.96 Å². The van der Waals surface area contributed by atoms with Gasteiger partial charge in [-0.15, -0.1) is 24.0 Å². The van der Waals surface area contributed by atoms with E-state index in [4.69, 9.17) is 4.99 Å². The predicted octanol–water partition coefficient (Wildman–Crippen LogP) is 3.61. The Bertz CT molecular complexity index is 577. The molecular weight excluding hydrogens is 451 g/mol. The average molecular weight is 486 g/mol. The van der Waals surface area contributed by atoms with Crippen molar-refractivity contribution in [2.24, 2.45) is 10.9 Å². The van der Waals surface area contributed by atoms with Crippen LogP contribution in [0.25, 0.3) is 0 Å². The molecule has 27 heavy (non-hydrogen) atoms. The van der Waals surface area contributed by atoms with E-state index in [1.807, 2.05) is 4.90 Å². The largest absolute Gasteiger partial charge is 0.357 e. The van der Waals surface area contributed by atoms with Crippen LogP contribution in [0.1, 0.15) is 51.5 Å². The first kappa shape index (κ1) is 23.7. The van der Waals surface area contributed by atoms with Crippen molar-refractivity contribution >= 4 is 35.8 Å². The van der Waals surface area contributed by atoms with Crippen molar-refractivity contribution in [3.05, 3.63) is 35.9 Å². The van der Waals surface area contributed by atoms with E-state index in [9.17, 15) is 4.79 Å². The third-order valence-electron chi connectivity index (χ3n) is 4.89. The molecule has 1 heterocycles. The van der Waals surface area contributed by atoms with E-state index < -0.39 is 0 Å². The summed E-state index contributed by atoms with van der Waals surface area (Å²) in [6.07, 6.45) is 2.67. The lowest BCUT2D eigenvalue weighted by molar-refractivity contribution is -0.127. The minimum Gasteiger partial charge on any atom is -0.357 e. The molecule has 0 spiro atoms. The molecule has 1 unspecified atom stereocenters. The molecule has 2 rings (SSSR count). The number of benzene rings is 1. The molecule has 0 aromatic heterocycles. The van der Waals surface area contributed by atoms with Crippen LogP contribution in [-0.2, 0) is 4.79 Å². The molecule has 1 fully saturated rings. The van der Waals surface area contributed by atoms with Crippen LogP contribution in [0.15, 0.2) is 35.3 Å². The summed E-state index contributed by atoms with van der Waals surface area (Å²) in [5, 5.41) is 6.73. The maximum atomic E-state index is 11.7. The van der Waals surface area contributed by atoms with Gasteiger partial charge in [0.25, 0.3) is 0 Å². The number of amides is 1. The van der Waals surface area contributed by atoms with Crippen LogP contribution in [0.3, 0.4) is 0 Å². The Morgan fingerprint density at radius 2 is 1.96 bits per heavy atom. The molecule has 0 bridgehead atoms. The zero-order chi connectivity index (χ0) is 18.8. The van der Waals surface area contributed by atoms with Gasteiger partial charge in [0.2, 0.25) is 5.91 Å². The molecule has 1 aromatic carbocycles. The van der Waals surface area contributed by atoms with Gasteiger partial charge in [-0.3, -0.25) is 9.79 Å². The Labute approximate surface area is 181 Å². The Morgan fingerprint density at radius 3 is 2.56 bits per heavy atom. The molecular formula is C21H35IN4O. The van der Waals surface area contributed by atoms with Crippen molar-refractivity contribution < 1.29 is 4.79 Å². The Kier molecular flexibility index (Phi) is 11.4. The number of guanidine groups is 1. The SMILES string of the molecule is CCNC(=NCC(c1ccccc1)C(C)C)NCCCN1CCCC1=O.I. The summed E-state index contributed by atoms with van der Waals surface area (Å²) in [6, 6.07) is 10.6. The minimum atomic E-state index is 0. The van der Waals surface area contributed by atoms with Gasteiger partial charge in [-0.25, -0.2) is 0 Å². The molecule has 1 amide bonds. The van der Waals surface area contributed by atoms with Gasteiger partial charge in [-0.2, -0.15) is 0 Å². The van der Waals surface area contributed by atoms with E-state index in [-0.39, 0.29) is 24.0 Å². The lowest BCUT2D eigenvalue weighted by Gasteiger charge is -2.21. The molecule has 0 radical (unpaired) electrons. The quantitative estimate of drug-likeness (QED) is 0.243. The van der Waals surface area contributed by atoms with Gasteiger partial charge in [0.05, 0.1) is 0 Å². The number of hydrogen-bond donors (Lipinski definition) is 2. The van der Waals surface area contributed by atoms with Gasteiger partial charge >= 0.3 is 0 Å². The summed E-state index contributed by atoms with van der Waals surface area (Å²) in [6.45, 7) is 10.8. The molecule has 6 heteroatoms. The molecule has 0 saturated carbocycles. The summed E-state index contributed by atoms with van der Waals surface area (Å²) in [5.41, 5.74) is 1.34. The molecule has 1 aromatic rings. The van der Waals surface area contributed by atoms with Crippen molar-refractivity contribution in [1.82, 2.24) is 15.5 Å². The van der Waals surface area contributed by atoms with Crippen molar-refractivity contribution in [3.8, 4) is 0 Å². The zero-order valence-electron chi connectivity index (χ0n) is 16.9. The van der Waals surface area contributed by atoms with Crippen molar-refractivity contribution in [2.45, 2.75) is 46.0 Å². The van der Waals surface area contributed by atoms with Crippen LogP contribution in [0, 0.1) is 5.92 Å². The predicted molar refractivity (Wildman–Crippen MR) is 124 cm³/mol. The maximum absolute atomic E-state index is 11.7. The van der Waals surface area contributed by atoms with Crippen LogP contribution in [0.5, 0.6) is 0 Å². The lowest BCUT2D eigenvalue weighted by Crippen LogP contribution is -2.39. The number of aliphatic imine (C=N–C) groups is 1. The fourth-order valence-electron chi connectivity index (χ4n) is 3.35. The molecule has 2 N–H and O–H groups in total. The van der Waals surface area contributed by atoms with Crippen LogP contribution in [-0.4, -0.2) is 49.5 Å². The first-order chi connectivity index (χ1) is 12.6. The highest BCUT2D eigenvalue weighted by atomic mass is 127. The maximum Gasteiger partial charge on any atom is 0.222 e. The topological polar surface area (TPSA) is 56.7 Å². The van der Waals surface area contributed by atoms with E-state index in [0.717, 1.165) is 51.5 Å². The van der Waals surface area contributed by atoms with Crippen molar-refractivity contribution in [2.75, 3.05) is 32.7 Å². The number of rotatable bonds is 9. The van der Waals surface area contributed by atoms with Crippen molar-refractivity contribution in [1.29, 1.82) is 0 Å². The summed E-state index contributed by atoms with van der Waals surface area (Å²) in [5.74, 6) is 2.11. The van der Waals surface area contributed by atoms with E-state index in [1.54, 1.807) is 0 Å².